The van der Waals surface area contributed by atoms with Crippen molar-refractivity contribution in [1.82, 2.24) is 19.7 Å². The Balaban J connectivity index is 1.42. The van der Waals surface area contributed by atoms with E-state index in [1.165, 1.54) is 12.8 Å². The van der Waals surface area contributed by atoms with Crippen molar-refractivity contribution in [1.29, 1.82) is 0 Å². The lowest BCUT2D eigenvalue weighted by molar-refractivity contribution is -0.114. The molecule has 0 atom stereocenters. The zero-order valence-electron chi connectivity index (χ0n) is 18.0. The lowest BCUT2D eigenvalue weighted by Gasteiger charge is -2.34. The van der Waals surface area contributed by atoms with E-state index < -0.39 is 11.8 Å². The second-order valence-corrected chi connectivity index (χ2v) is 9.24. The van der Waals surface area contributed by atoms with Gasteiger partial charge < -0.3 is 15.6 Å². The summed E-state index contributed by atoms with van der Waals surface area (Å²) in [5.41, 5.74) is 10.1. The molecule has 1 aliphatic carbocycles. The number of aromatic amines is 1. The zero-order chi connectivity index (χ0) is 22.7. The summed E-state index contributed by atoms with van der Waals surface area (Å²) in [7, 11) is 0. The minimum absolute atomic E-state index is 0.132. The van der Waals surface area contributed by atoms with Gasteiger partial charge in [-0.1, -0.05) is 0 Å². The van der Waals surface area contributed by atoms with E-state index in [1.54, 1.807) is 22.9 Å². The Morgan fingerprint density at radius 1 is 1.15 bits per heavy atom. The van der Waals surface area contributed by atoms with Crippen molar-refractivity contribution in [2.24, 2.45) is 11.7 Å². The molecule has 0 unspecified atom stereocenters. The molecule has 33 heavy (non-hydrogen) atoms. The third-order valence-corrected chi connectivity index (χ3v) is 6.80. The van der Waals surface area contributed by atoms with Crippen LogP contribution in [-0.4, -0.2) is 44.7 Å². The Morgan fingerprint density at radius 3 is 2.67 bits per heavy atom. The number of anilines is 1. The summed E-state index contributed by atoms with van der Waals surface area (Å²) in [5.74, 6) is -2.67. The SMILES string of the molecule is NC(=O)c1ccc2c(c1)c(-c1nc3ccc(N4CCCC4)cc3[nH]1)nn2CC1CC(F)(F)C1. The van der Waals surface area contributed by atoms with Gasteiger partial charge in [0, 0.05) is 49.1 Å². The molecule has 2 aliphatic rings. The molecule has 0 bridgehead atoms. The van der Waals surface area contributed by atoms with Crippen LogP contribution in [0.4, 0.5) is 14.5 Å². The summed E-state index contributed by atoms with van der Waals surface area (Å²) >= 11 is 0. The summed E-state index contributed by atoms with van der Waals surface area (Å²) in [6.07, 6.45) is 2.13. The van der Waals surface area contributed by atoms with Crippen LogP contribution in [0.5, 0.6) is 0 Å². The van der Waals surface area contributed by atoms with Crippen molar-refractivity contribution >= 4 is 33.5 Å². The molecule has 2 fully saturated rings. The summed E-state index contributed by atoms with van der Waals surface area (Å²) in [6, 6.07) is 11.3. The standard InChI is InChI=1S/C24H24F2N6O/c25-24(26)11-14(12-24)13-32-20-6-3-15(22(27)33)9-17(20)21(30-32)23-28-18-5-4-16(10-19(18)29-23)31-7-1-2-8-31/h3-6,9-10,14H,1-2,7-8,11-13H2,(H2,27,33)(H,28,29). The molecule has 0 spiro atoms. The number of alkyl halides is 2. The third-order valence-electron chi connectivity index (χ3n) is 6.80. The van der Waals surface area contributed by atoms with Crippen molar-refractivity contribution in [2.45, 2.75) is 38.2 Å². The maximum atomic E-state index is 13.4. The Kier molecular flexibility index (Phi) is 4.43. The molecule has 1 saturated heterocycles. The molecule has 170 valence electrons. The number of nitrogens with two attached hydrogens (primary N) is 1. The van der Waals surface area contributed by atoms with E-state index in [0.717, 1.165) is 40.7 Å². The largest absolute Gasteiger partial charge is 0.371 e. The topological polar surface area (TPSA) is 92.8 Å². The number of hydrogen-bond acceptors (Lipinski definition) is 4. The molecule has 1 saturated carbocycles. The number of carbonyl (C=O) groups excluding carboxylic acids is 1. The van der Waals surface area contributed by atoms with Gasteiger partial charge in [0.1, 0.15) is 5.69 Å². The molecule has 2 aromatic carbocycles. The second-order valence-electron chi connectivity index (χ2n) is 9.24. The zero-order valence-corrected chi connectivity index (χ0v) is 18.0. The van der Waals surface area contributed by atoms with Gasteiger partial charge in [-0.15, -0.1) is 0 Å². The highest BCUT2D eigenvalue weighted by atomic mass is 19.3. The van der Waals surface area contributed by atoms with Crippen molar-refractivity contribution < 1.29 is 13.6 Å². The highest BCUT2D eigenvalue weighted by Crippen LogP contribution is 2.43. The number of H-pyrrole nitrogens is 1. The fourth-order valence-corrected chi connectivity index (χ4v) is 5.09. The van der Waals surface area contributed by atoms with Gasteiger partial charge in [-0.3, -0.25) is 9.48 Å². The van der Waals surface area contributed by atoms with E-state index >= 15 is 0 Å². The number of amides is 1. The minimum atomic E-state index is -2.58. The smallest absolute Gasteiger partial charge is 0.248 e. The van der Waals surface area contributed by atoms with E-state index in [-0.39, 0.29) is 18.8 Å². The number of nitrogens with one attached hydrogen (secondary N) is 1. The van der Waals surface area contributed by atoms with Crippen molar-refractivity contribution in [3.63, 3.8) is 0 Å². The number of imidazole rings is 1. The summed E-state index contributed by atoms with van der Waals surface area (Å²) in [4.78, 5) is 22.3. The molecule has 7 nitrogen and oxygen atoms in total. The molecule has 9 heteroatoms. The van der Waals surface area contributed by atoms with Crippen LogP contribution in [0.15, 0.2) is 36.4 Å². The molecular formula is C24H24F2N6O. The molecule has 6 rings (SSSR count). The molecular weight excluding hydrogens is 426 g/mol. The maximum absolute atomic E-state index is 13.4. The van der Waals surface area contributed by atoms with Gasteiger partial charge in [0.2, 0.25) is 11.8 Å². The highest BCUT2D eigenvalue weighted by Gasteiger charge is 2.45. The summed E-state index contributed by atoms with van der Waals surface area (Å²) in [5, 5.41) is 5.46. The quantitative estimate of drug-likeness (QED) is 0.474. The number of benzene rings is 2. The van der Waals surface area contributed by atoms with Crippen LogP contribution in [0.3, 0.4) is 0 Å². The van der Waals surface area contributed by atoms with Gasteiger partial charge in [0.15, 0.2) is 5.82 Å². The number of carbonyl (C=O) groups is 1. The summed E-state index contributed by atoms with van der Waals surface area (Å²) < 4.78 is 28.5. The first-order valence-electron chi connectivity index (χ1n) is 11.3. The molecule has 3 heterocycles. The van der Waals surface area contributed by atoms with E-state index in [9.17, 15) is 13.6 Å². The van der Waals surface area contributed by atoms with Gasteiger partial charge in [0.25, 0.3) is 0 Å². The van der Waals surface area contributed by atoms with Crippen molar-refractivity contribution in [2.75, 3.05) is 18.0 Å². The molecule has 0 radical (unpaired) electrons. The Labute approximate surface area is 188 Å². The molecule has 4 aromatic rings. The van der Waals surface area contributed by atoms with Crippen LogP contribution < -0.4 is 10.6 Å². The first kappa shape index (κ1) is 20.1. The van der Waals surface area contributed by atoms with Gasteiger partial charge in [-0.2, -0.15) is 5.10 Å². The van der Waals surface area contributed by atoms with E-state index in [2.05, 4.69) is 22.0 Å². The van der Waals surface area contributed by atoms with Crippen LogP contribution in [0.1, 0.15) is 36.0 Å². The average molecular weight is 450 g/mol. The fourth-order valence-electron chi connectivity index (χ4n) is 5.09. The van der Waals surface area contributed by atoms with Gasteiger partial charge in [-0.05, 0) is 55.2 Å². The number of nitrogens with zero attached hydrogens (tertiary/aromatic N) is 4. The number of rotatable bonds is 5. The number of halogens is 2. The molecule has 2 aromatic heterocycles. The van der Waals surface area contributed by atoms with Crippen molar-refractivity contribution in [3.8, 4) is 11.5 Å². The maximum Gasteiger partial charge on any atom is 0.248 e. The predicted octanol–water partition coefficient (Wildman–Crippen LogP) is 4.32. The average Bonchev–Trinajstić information content (AvgIpc) is 3.50. The van der Waals surface area contributed by atoms with Crippen LogP contribution in [-0.2, 0) is 6.54 Å². The molecule has 1 aliphatic heterocycles. The monoisotopic (exact) mass is 450 g/mol. The molecule has 1 amide bonds. The number of hydrogen-bond donors (Lipinski definition) is 2. The fraction of sp³-hybridized carbons (Fsp3) is 0.375. The highest BCUT2D eigenvalue weighted by molar-refractivity contribution is 6.01. The minimum Gasteiger partial charge on any atom is -0.371 e. The van der Waals surface area contributed by atoms with Crippen molar-refractivity contribution in [3.05, 3.63) is 42.0 Å². The van der Waals surface area contributed by atoms with Crippen LogP contribution in [0.25, 0.3) is 33.5 Å². The van der Waals surface area contributed by atoms with E-state index in [1.807, 2.05) is 6.07 Å². The summed E-state index contributed by atoms with van der Waals surface area (Å²) in [6.45, 7) is 2.50. The van der Waals surface area contributed by atoms with Gasteiger partial charge >= 0.3 is 0 Å². The number of aromatic nitrogens is 4. The van der Waals surface area contributed by atoms with Crippen LogP contribution >= 0.6 is 0 Å². The lowest BCUT2D eigenvalue weighted by Crippen LogP contribution is -2.37. The van der Waals surface area contributed by atoms with Crippen LogP contribution in [0.2, 0.25) is 0 Å². The van der Waals surface area contributed by atoms with Crippen LogP contribution in [0, 0.1) is 5.92 Å². The Morgan fingerprint density at radius 2 is 1.94 bits per heavy atom. The number of primary amides is 1. The Hall–Kier alpha value is -3.49. The van der Waals surface area contributed by atoms with E-state index in [4.69, 9.17) is 15.8 Å². The molecule has 3 N–H and O–H groups in total. The predicted molar refractivity (Wildman–Crippen MR) is 122 cm³/mol. The van der Waals surface area contributed by atoms with E-state index in [0.29, 0.717) is 23.6 Å². The second kappa shape index (κ2) is 7.26. The first-order valence-corrected chi connectivity index (χ1v) is 11.3. The number of fused-ring (bicyclic) bond motifs is 2. The van der Waals surface area contributed by atoms with Gasteiger partial charge in [-0.25, -0.2) is 13.8 Å². The Bertz CT molecular complexity index is 1380. The first-order chi connectivity index (χ1) is 15.9. The normalized spacial score (nSPS) is 18.3. The van der Waals surface area contributed by atoms with Gasteiger partial charge in [0.05, 0.1) is 16.6 Å². The third kappa shape index (κ3) is 3.51. The lowest BCUT2D eigenvalue weighted by atomic mass is 9.81.